The number of para-hydroxylation sites is 1. The first kappa shape index (κ1) is 15.8. The van der Waals surface area contributed by atoms with E-state index in [0.717, 1.165) is 11.1 Å². The summed E-state index contributed by atoms with van der Waals surface area (Å²) in [5.41, 5.74) is 1.64. The van der Waals surface area contributed by atoms with Gasteiger partial charge in [0.25, 0.3) is 12.3 Å². The maximum atomic E-state index is 13.0. The van der Waals surface area contributed by atoms with Crippen molar-refractivity contribution in [2.24, 2.45) is 0 Å². The number of alkyl halides is 2. The third-order valence-electron chi connectivity index (χ3n) is 3.55. The number of halogens is 2. The van der Waals surface area contributed by atoms with Gasteiger partial charge >= 0.3 is 0 Å². The molecule has 0 radical (unpaired) electrons. The number of amides is 1. The molecule has 0 aliphatic heterocycles. The zero-order valence-electron chi connectivity index (χ0n) is 12.6. The molecule has 0 atom stereocenters. The molecule has 0 fully saturated rings. The molecule has 3 nitrogen and oxygen atoms in total. The normalized spacial score (nSPS) is 10.6. The average molecular weight is 324 g/mol. The van der Waals surface area contributed by atoms with Crippen molar-refractivity contribution in [1.29, 1.82) is 0 Å². The van der Waals surface area contributed by atoms with Crippen LogP contribution in [-0.2, 0) is 0 Å². The van der Waals surface area contributed by atoms with Crippen molar-refractivity contribution in [3.63, 3.8) is 0 Å². The molecule has 24 heavy (non-hydrogen) atoms. The molecule has 5 heteroatoms. The first-order valence-electron chi connectivity index (χ1n) is 7.35. The predicted molar refractivity (Wildman–Crippen MR) is 89.0 cm³/mol. The second-order valence-electron chi connectivity index (χ2n) is 5.10. The van der Waals surface area contributed by atoms with Crippen molar-refractivity contribution < 1.29 is 13.6 Å². The quantitative estimate of drug-likeness (QED) is 0.738. The largest absolute Gasteiger partial charge is 0.321 e. The van der Waals surface area contributed by atoms with Crippen molar-refractivity contribution in [3.05, 3.63) is 84.2 Å². The van der Waals surface area contributed by atoms with Gasteiger partial charge in [-0.05, 0) is 23.8 Å². The van der Waals surface area contributed by atoms with E-state index in [4.69, 9.17) is 0 Å². The van der Waals surface area contributed by atoms with Gasteiger partial charge < -0.3 is 5.32 Å². The molecule has 3 aromatic rings. The van der Waals surface area contributed by atoms with Gasteiger partial charge in [0.1, 0.15) is 5.69 Å². The Hall–Kier alpha value is -3.08. The molecule has 1 heterocycles. The number of carbonyl (C=O) groups is 1. The highest BCUT2D eigenvalue weighted by Gasteiger charge is 2.20. The Bertz CT molecular complexity index is 851. The first-order valence-corrected chi connectivity index (χ1v) is 7.35. The van der Waals surface area contributed by atoms with Gasteiger partial charge in [-0.2, -0.15) is 0 Å². The molecule has 0 aliphatic carbocycles. The van der Waals surface area contributed by atoms with E-state index >= 15 is 0 Å². The Balaban J connectivity index is 1.94. The number of pyridine rings is 1. The van der Waals surface area contributed by atoms with Crippen LogP contribution in [0.3, 0.4) is 0 Å². The van der Waals surface area contributed by atoms with Crippen LogP contribution in [0.4, 0.5) is 14.5 Å². The Morgan fingerprint density at radius 3 is 2.38 bits per heavy atom. The molecule has 1 N–H and O–H groups in total. The van der Waals surface area contributed by atoms with Crippen molar-refractivity contribution in [2.75, 3.05) is 5.32 Å². The van der Waals surface area contributed by atoms with Gasteiger partial charge in [-0.1, -0.05) is 48.5 Å². The topological polar surface area (TPSA) is 42.0 Å². The van der Waals surface area contributed by atoms with Crippen LogP contribution < -0.4 is 5.32 Å². The summed E-state index contributed by atoms with van der Waals surface area (Å²) < 4.78 is 26.1. The van der Waals surface area contributed by atoms with Crippen LogP contribution in [0.1, 0.15) is 22.5 Å². The van der Waals surface area contributed by atoms with E-state index in [9.17, 15) is 13.6 Å². The minimum absolute atomic E-state index is 0.129. The van der Waals surface area contributed by atoms with Gasteiger partial charge in [0.15, 0.2) is 0 Å². The Morgan fingerprint density at radius 2 is 1.62 bits per heavy atom. The fourth-order valence-corrected chi connectivity index (χ4v) is 2.43. The molecule has 0 aliphatic rings. The number of aromatic nitrogens is 1. The lowest BCUT2D eigenvalue weighted by Crippen LogP contribution is -2.16. The highest BCUT2D eigenvalue weighted by Crippen LogP contribution is 2.28. The van der Waals surface area contributed by atoms with E-state index in [1.54, 1.807) is 12.1 Å². The average Bonchev–Trinajstić information content (AvgIpc) is 2.63. The predicted octanol–water partition coefficient (Wildman–Crippen LogP) is 4.94. The van der Waals surface area contributed by atoms with Crippen LogP contribution in [0.25, 0.3) is 11.1 Å². The van der Waals surface area contributed by atoms with Crippen molar-refractivity contribution in [2.45, 2.75) is 6.43 Å². The summed E-state index contributed by atoms with van der Waals surface area (Å²) in [7, 11) is 0. The fourth-order valence-electron chi connectivity index (χ4n) is 2.43. The first-order chi connectivity index (χ1) is 11.7. The van der Waals surface area contributed by atoms with Crippen LogP contribution in [-0.4, -0.2) is 10.9 Å². The van der Waals surface area contributed by atoms with Crippen LogP contribution in [0, 0.1) is 0 Å². The van der Waals surface area contributed by atoms with E-state index in [2.05, 4.69) is 10.3 Å². The summed E-state index contributed by atoms with van der Waals surface area (Å²) in [5, 5.41) is 2.71. The smallest absolute Gasteiger partial charge is 0.281 e. The Morgan fingerprint density at radius 1 is 0.917 bits per heavy atom. The molecule has 1 amide bonds. The number of benzene rings is 2. The van der Waals surface area contributed by atoms with Crippen LogP contribution in [0.5, 0.6) is 0 Å². The molecule has 0 saturated carbocycles. The number of hydrogen-bond acceptors (Lipinski definition) is 2. The summed E-state index contributed by atoms with van der Waals surface area (Å²) >= 11 is 0. The molecule has 1 aromatic heterocycles. The zero-order valence-corrected chi connectivity index (χ0v) is 12.6. The van der Waals surface area contributed by atoms with Crippen LogP contribution in [0.15, 0.2) is 72.9 Å². The number of nitrogens with one attached hydrogen (secondary N) is 1. The molecular formula is C19H14F2N2O. The fraction of sp³-hybridized carbons (Fsp3) is 0.0526. The molecule has 0 spiro atoms. The van der Waals surface area contributed by atoms with Gasteiger partial charge in [0, 0.05) is 17.4 Å². The van der Waals surface area contributed by atoms with Crippen LogP contribution >= 0.6 is 0 Å². The lowest BCUT2D eigenvalue weighted by Gasteiger charge is -2.12. The number of anilines is 1. The number of carbonyl (C=O) groups excluding carboxylic acids is 1. The van der Waals surface area contributed by atoms with Gasteiger partial charge in [0.2, 0.25) is 0 Å². The number of rotatable bonds is 4. The van der Waals surface area contributed by atoms with Crippen LogP contribution in [0.2, 0.25) is 0 Å². The van der Waals surface area contributed by atoms with Gasteiger partial charge in [-0.3, -0.25) is 9.78 Å². The Kier molecular flexibility index (Phi) is 4.61. The standard InChI is InChI=1S/C19H14F2N2O/c20-18(21)17-15(10-6-12-22-17)19(24)23-16-11-5-4-9-14(16)13-7-2-1-3-8-13/h1-12,18H,(H,23,24). The summed E-state index contributed by atoms with van der Waals surface area (Å²) in [6.45, 7) is 0. The SMILES string of the molecule is O=C(Nc1ccccc1-c1ccccc1)c1cccnc1C(F)F. The highest BCUT2D eigenvalue weighted by molar-refractivity contribution is 6.07. The lowest BCUT2D eigenvalue weighted by molar-refractivity contribution is 0.100. The van der Waals surface area contributed by atoms with Gasteiger partial charge in [-0.15, -0.1) is 0 Å². The van der Waals surface area contributed by atoms with Crippen molar-refractivity contribution in [3.8, 4) is 11.1 Å². The van der Waals surface area contributed by atoms with E-state index in [1.165, 1.54) is 18.3 Å². The molecule has 0 saturated heterocycles. The number of hydrogen-bond donors (Lipinski definition) is 1. The molecule has 120 valence electrons. The third kappa shape index (κ3) is 3.30. The van der Waals surface area contributed by atoms with Crippen molar-refractivity contribution >= 4 is 11.6 Å². The minimum atomic E-state index is -2.81. The summed E-state index contributed by atoms with van der Waals surface area (Å²) in [4.78, 5) is 16.0. The number of nitrogens with zero attached hydrogens (tertiary/aromatic N) is 1. The highest BCUT2D eigenvalue weighted by atomic mass is 19.3. The maximum absolute atomic E-state index is 13.0. The van der Waals surface area contributed by atoms with E-state index in [-0.39, 0.29) is 5.56 Å². The Labute approximate surface area is 138 Å². The minimum Gasteiger partial charge on any atom is -0.321 e. The lowest BCUT2D eigenvalue weighted by atomic mass is 10.0. The van der Waals surface area contributed by atoms with Crippen molar-refractivity contribution in [1.82, 2.24) is 4.98 Å². The summed E-state index contributed by atoms with van der Waals surface area (Å²) in [6.07, 6.45) is -1.56. The van der Waals surface area contributed by atoms with E-state index < -0.39 is 18.0 Å². The summed E-state index contributed by atoms with van der Waals surface area (Å²) in [6, 6.07) is 19.5. The molecular weight excluding hydrogens is 310 g/mol. The van der Waals surface area contributed by atoms with Gasteiger partial charge in [-0.25, -0.2) is 8.78 Å². The van der Waals surface area contributed by atoms with Gasteiger partial charge in [0.05, 0.1) is 5.56 Å². The molecule has 3 rings (SSSR count). The monoisotopic (exact) mass is 324 g/mol. The zero-order chi connectivity index (χ0) is 16.9. The molecule has 2 aromatic carbocycles. The van der Waals surface area contributed by atoms with E-state index in [1.807, 2.05) is 42.5 Å². The summed E-state index contributed by atoms with van der Waals surface area (Å²) in [5.74, 6) is -0.609. The maximum Gasteiger partial charge on any atom is 0.281 e. The van der Waals surface area contributed by atoms with E-state index in [0.29, 0.717) is 5.69 Å². The second-order valence-corrected chi connectivity index (χ2v) is 5.10. The third-order valence-corrected chi connectivity index (χ3v) is 3.55. The second kappa shape index (κ2) is 7.00. The molecule has 0 bridgehead atoms. The molecule has 0 unspecified atom stereocenters.